The van der Waals surface area contributed by atoms with Crippen LogP contribution in [0.2, 0.25) is 5.02 Å². The number of halogens is 1. The Labute approximate surface area is 100 Å². The number of carbonyl (C=O) groups excluding carboxylic acids is 1. The lowest BCUT2D eigenvalue weighted by Gasteiger charge is -2.18. The summed E-state index contributed by atoms with van der Waals surface area (Å²) in [5.41, 5.74) is 0.756. The first-order chi connectivity index (χ1) is 7.68. The van der Waals surface area contributed by atoms with Crippen LogP contribution in [0.3, 0.4) is 0 Å². The van der Waals surface area contributed by atoms with E-state index in [2.05, 4.69) is 5.32 Å². The van der Waals surface area contributed by atoms with Crippen molar-refractivity contribution in [2.75, 3.05) is 18.5 Å². The molecule has 0 saturated heterocycles. The minimum Gasteiger partial charge on any atom is -0.313 e. The van der Waals surface area contributed by atoms with Crippen molar-refractivity contribution in [2.24, 2.45) is 0 Å². The third kappa shape index (κ3) is 2.74. The molecule has 1 saturated carbocycles. The molecule has 4 heteroatoms. The SMILES string of the molecule is CN(C(=O)CNC1CC1)c1ccccc1Cl. The fourth-order valence-corrected chi connectivity index (χ4v) is 1.76. The molecule has 1 N–H and O–H groups in total. The molecule has 3 nitrogen and oxygen atoms in total. The Kier molecular flexibility index (Phi) is 3.46. The van der Waals surface area contributed by atoms with Crippen LogP contribution in [0, 0.1) is 0 Å². The average Bonchev–Trinajstić information content (AvgIpc) is 3.09. The molecule has 0 aliphatic heterocycles. The minimum absolute atomic E-state index is 0.0417. The van der Waals surface area contributed by atoms with Crippen molar-refractivity contribution in [3.8, 4) is 0 Å². The lowest BCUT2D eigenvalue weighted by atomic mass is 10.3. The van der Waals surface area contributed by atoms with Crippen molar-refractivity contribution in [2.45, 2.75) is 18.9 Å². The molecule has 0 bridgehead atoms. The molecular weight excluding hydrogens is 224 g/mol. The second-order valence-electron chi connectivity index (χ2n) is 4.06. The first-order valence-corrected chi connectivity index (χ1v) is 5.81. The third-order valence-corrected chi connectivity index (χ3v) is 3.03. The van der Waals surface area contributed by atoms with Crippen LogP contribution in [0.4, 0.5) is 5.69 Å². The molecule has 1 aliphatic rings. The summed E-state index contributed by atoms with van der Waals surface area (Å²) in [6, 6.07) is 7.90. The standard InChI is InChI=1S/C12H15ClN2O/c1-15(11-5-3-2-4-10(11)13)12(16)8-14-9-6-7-9/h2-5,9,14H,6-8H2,1H3. The molecule has 1 amide bonds. The van der Waals surface area contributed by atoms with Crippen molar-refractivity contribution >= 4 is 23.2 Å². The van der Waals surface area contributed by atoms with Crippen LogP contribution >= 0.6 is 11.6 Å². The summed E-state index contributed by atoms with van der Waals surface area (Å²) in [6.45, 7) is 0.381. The molecule has 2 rings (SSSR count). The van der Waals surface area contributed by atoms with E-state index in [0.29, 0.717) is 17.6 Å². The first-order valence-electron chi connectivity index (χ1n) is 5.43. The Bertz CT molecular complexity index is 390. The molecule has 1 aromatic carbocycles. The van der Waals surface area contributed by atoms with Crippen LogP contribution in [-0.2, 0) is 4.79 Å². The van der Waals surface area contributed by atoms with Crippen LogP contribution in [0.1, 0.15) is 12.8 Å². The van der Waals surface area contributed by atoms with Gasteiger partial charge in [-0.1, -0.05) is 23.7 Å². The second kappa shape index (κ2) is 4.85. The summed E-state index contributed by atoms with van der Waals surface area (Å²) in [5.74, 6) is 0.0417. The lowest BCUT2D eigenvalue weighted by Crippen LogP contribution is -2.36. The number of carbonyl (C=O) groups is 1. The van der Waals surface area contributed by atoms with Crippen molar-refractivity contribution in [1.82, 2.24) is 5.32 Å². The number of nitrogens with one attached hydrogen (secondary N) is 1. The maximum absolute atomic E-state index is 11.8. The highest BCUT2D eigenvalue weighted by Crippen LogP contribution is 2.24. The van der Waals surface area contributed by atoms with E-state index in [1.807, 2.05) is 18.2 Å². The van der Waals surface area contributed by atoms with E-state index >= 15 is 0 Å². The van der Waals surface area contributed by atoms with Gasteiger partial charge in [0.15, 0.2) is 0 Å². The smallest absolute Gasteiger partial charge is 0.240 e. The molecule has 16 heavy (non-hydrogen) atoms. The number of benzene rings is 1. The van der Waals surface area contributed by atoms with Crippen LogP contribution < -0.4 is 10.2 Å². The zero-order valence-corrected chi connectivity index (χ0v) is 10.00. The highest BCUT2D eigenvalue weighted by Gasteiger charge is 2.22. The summed E-state index contributed by atoms with van der Waals surface area (Å²) in [4.78, 5) is 13.4. The summed E-state index contributed by atoms with van der Waals surface area (Å²) < 4.78 is 0. The Morgan fingerprint density at radius 1 is 1.50 bits per heavy atom. The molecule has 0 aromatic heterocycles. The van der Waals surface area contributed by atoms with E-state index in [4.69, 9.17) is 11.6 Å². The number of rotatable bonds is 4. The first kappa shape index (κ1) is 11.4. The predicted octanol–water partition coefficient (Wildman–Crippen LogP) is 2.05. The lowest BCUT2D eigenvalue weighted by molar-refractivity contribution is -0.117. The van der Waals surface area contributed by atoms with Gasteiger partial charge in [0, 0.05) is 13.1 Å². The number of likely N-dealkylation sites (N-methyl/N-ethyl adjacent to an activating group) is 1. The predicted molar refractivity (Wildman–Crippen MR) is 65.9 cm³/mol. The van der Waals surface area contributed by atoms with Gasteiger partial charge in [-0.05, 0) is 25.0 Å². The van der Waals surface area contributed by atoms with Crippen LogP contribution in [0.15, 0.2) is 24.3 Å². The number of para-hydroxylation sites is 1. The van der Waals surface area contributed by atoms with Crippen molar-refractivity contribution in [1.29, 1.82) is 0 Å². The third-order valence-electron chi connectivity index (χ3n) is 2.71. The van der Waals surface area contributed by atoms with E-state index < -0.39 is 0 Å². The second-order valence-corrected chi connectivity index (χ2v) is 4.47. The Morgan fingerprint density at radius 3 is 2.81 bits per heavy atom. The van der Waals surface area contributed by atoms with E-state index in [0.717, 1.165) is 5.69 Å². The van der Waals surface area contributed by atoms with Crippen molar-refractivity contribution in [3.63, 3.8) is 0 Å². The maximum Gasteiger partial charge on any atom is 0.240 e. The average molecular weight is 239 g/mol. The monoisotopic (exact) mass is 238 g/mol. The van der Waals surface area contributed by atoms with Gasteiger partial charge >= 0.3 is 0 Å². The van der Waals surface area contributed by atoms with E-state index in [1.54, 1.807) is 18.0 Å². The van der Waals surface area contributed by atoms with Gasteiger partial charge in [-0.3, -0.25) is 4.79 Å². The zero-order valence-electron chi connectivity index (χ0n) is 9.24. The molecule has 0 atom stereocenters. The van der Waals surface area contributed by atoms with Gasteiger partial charge in [0.05, 0.1) is 17.3 Å². The van der Waals surface area contributed by atoms with E-state index in [9.17, 15) is 4.79 Å². The number of amides is 1. The molecule has 0 radical (unpaired) electrons. The molecule has 1 aromatic rings. The minimum atomic E-state index is 0.0417. The fraction of sp³-hybridized carbons (Fsp3) is 0.417. The van der Waals surface area contributed by atoms with Gasteiger partial charge in [-0.15, -0.1) is 0 Å². The highest BCUT2D eigenvalue weighted by molar-refractivity contribution is 6.33. The number of anilines is 1. The van der Waals surface area contributed by atoms with Crippen LogP contribution in [-0.4, -0.2) is 25.5 Å². The quantitative estimate of drug-likeness (QED) is 0.871. The normalized spacial score (nSPS) is 14.9. The summed E-state index contributed by atoms with van der Waals surface area (Å²) >= 11 is 6.02. The van der Waals surface area contributed by atoms with Crippen LogP contribution in [0.5, 0.6) is 0 Å². The van der Waals surface area contributed by atoms with Gasteiger partial charge in [0.25, 0.3) is 0 Å². The molecule has 86 valence electrons. The zero-order chi connectivity index (χ0) is 11.5. The number of nitrogens with zero attached hydrogens (tertiary/aromatic N) is 1. The Hall–Kier alpha value is -1.06. The number of hydrogen-bond acceptors (Lipinski definition) is 2. The molecule has 1 fully saturated rings. The molecular formula is C12H15ClN2O. The van der Waals surface area contributed by atoms with Gasteiger partial charge in [-0.25, -0.2) is 0 Å². The largest absolute Gasteiger partial charge is 0.313 e. The summed E-state index contributed by atoms with van der Waals surface area (Å²) in [5, 5.41) is 3.79. The fourth-order valence-electron chi connectivity index (χ4n) is 1.50. The Morgan fingerprint density at radius 2 is 2.19 bits per heavy atom. The molecule has 0 unspecified atom stereocenters. The van der Waals surface area contributed by atoms with Crippen LogP contribution in [0.25, 0.3) is 0 Å². The van der Waals surface area contributed by atoms with Gasteiger partial charge in [0.1, 0.15) is 0 Å². The summed E-state index contributed by atoms with van der Waals surface area (Å²) in [6.07, 6.45) is 2.37. The van der Waals surface area contributed by atoms with Gasteiger partial charge in [0.2, 0.25) is 5.91 Å². The molecule has 1 aliphatic carbocycles. The topological polar surface area (TPSA) is 32.3 Å². The van der Waals surface area contributed by atoms with Gasteiger partial charge in [-0.2, -0.15) is 0 Å². The van der Waals surface area contributed by atoms with Gasteiger partial charge < -0.3 is 10.2 Å². The molecule has 0 heterocycles. The number of hydrogen-bond donors (Lipinski definition) is 1. The van der Waals surface area contributed by atoms with Crippen molar-refractivity contribution < 1.29 is 4.79 Å². The van der Waals surface area contributed by atoms with Crippen molar-refractivity contribution in [3.05, 3.63) is 29.3 Å². The van der Waals surface area contributed by atoms with E-state index in [1.165, 1.54) is 12.8 Å². The maximum atomic E-state index is 11.8. The van der Waals surface area contributed by atoms with E-state index in [-0.39, 0.29) is 5.91 Å². The highest BCUT2D eigenvalue weighted by atomic mass is 35.5. The summed E-state index contributed by atoms with van der Waals surface area (Å²) in [7, 11) is 1.75. The Balaban J connectivity index is 1.97. The molecule has 0 spiro atoms.